The minimum atomic E-state index is -4.36. The highest BCUT2D eigenvalue weighted by Crippen LogP contribution is 2.39. The Balaban J connectivity index is 1.61. The van der Waals surface area contributed by atoms with E-state index in [-0.39, 0.29) is 22.6 Å². The SMILES string of the molecule is CC(C)c1cccc(Oc2cccc(C(NCC(O)C3CC3)c3cccc(SC(F)(F)F)c3)c2)c1. The van der Waals surface area contributed by atoms with Crippen molar-refractivity contribution in [1.29, 1.82) is 0 Å². The van der Waals surface area contributed by atoms with E-state index < -0.39 is 17.7 Å². The normalized spacial score (nSPS) is 15.7. The summed E-state index contributed by atoms with van der Waals surface area (Å²) >= 11 is -0.127. The lowest BCUT2D eigenvalue weighted by Crippen LogP contribution is -2.32. The molecule has 35 heavy (non-hydrogen) atoms. The van der Waals surface area contributed by atoms with E-state index in [9.17, 15) is 18.3 Å². The summed E-state index contributed by atoms with van der Waals surface area (Å²) in [6.45, 7) is 4.60. The number of halogens is 3. The summed E-state index contributed by atoms with van der Waals surface area (Å²) < 4.78 is 45.1. The molecule has 2 atom stereocenters. The molecule has 0 spiro atoms. The number of hydrogen-bond acceptors (Lipinski definition) is 4. The van der Waals surface area contributed by atoms with E-state index in [0.29, 0.717) is 23.8 Å². The Morgan fingerprint density at radius 3 is 2.09 bits per heavy atom. The number of alkyl halides is 3. The highest BCUT2D eigenvalue weighted by Gasteiger charge is 2.31. The number of benzene rings is 3. The number of aliphatic hydroxyl groups excluding tert-OH is 1. The minimum Gasteiger partial charge on any atom is -0.457 e. The van der Waals surface area contributed by atoms with Crippen LogP contribution in [0.25, 0.3) is 0 Å². The predicted molar refractivity (Wildman–Crippen MR) is 134 cm³/mol. The predicted octanol–water partition coefficient (Wildman–Crippen LogP) is 7.66. The third-order valence-electron chi connectivity index (χ3n) is 6.07. The van der Waals surface area contributed by atoms with Crippen molar-refractivity contribution in [3.8, 4) is 11.5 Å². The van der Waals surface area contributed by atoms with Gasteiger partial charge in [-0.2, -0.15) is 13.2 Å². The zero-order valence-electron chi connectivity index (χ0n) is 19.8. The first-order valence-corrected chi connectivity index (χ1v) is 12.6. The van der Waals surface area contributed by atoms with Gasteiger partial charge in [0.1, 0.15) is 11.5 Å². The Labute approximate surface area is 208 Å². The molecule has 1 aliphatic carbocycles. The zero-order valence-corrected chi connectivity index (χ0v) is 20.6. The fourth-order valence-electron chi connectivity index (χ4n) is 4.04. The Hall–Kier alpha value is -2.48. The molecule has 3 aromatic carbocycles. The summed E-state index contributed by atoms with van der Waals surface area (Å²) in [5, 5.41) is 13.8. The molecule has 3 nitrogen and oxygen atoms in total. The Bertz CT molecular complexity index is 1130. The van der Waals surface area contributed by atoms with Crippen molar-refractivity contribution in [2.45, 2.75) is 55.2 Å². The molecule has 2 unspecified atom stereocenters. The van der Waals surface area contributed by atoms with Gasteiger partial charge in [-0.05, 0) is 89.5 Å². The molecule has 3 aromatic rings. The summed E-state index contributed by atoms with van der Waals surface area (Å²) in [6.07, 6.45) is 1.52. The van der Waals surface area contributed by atoms with E-state index in [1.54, 1.807) is 18.2 Å². The maximum Gasteiger partial charge on any atom is 0.446 e. The smallest absolute Gasteiger partial charge is 0.446 e. The van der Waals surface area contributed by atoms with Gasteiger partial charge in [0.2, 0.25) is 0 Å². The van der Waals surface area contributed by atoms with Crippen LogP contribution in [0.15, 0.2) is 77.7 Å². The number of ether oxygens (including phenoxy) is 1. The topological polar surface area (TPSA) is 41.5 Å². The van der Waals surface area contributed by atoms with Crippen molar-refractivity contribution >= 4 is 11.8 Å². The molecule has 4 rings (SSSR count). The molecule has 0 radical (unpaired) electrons. The molecule has 0 aromatic heterocycles. The fourth-order valence-corrected chi connectivity index (χ4v) is 4.65. The molecule has 0 heterocycles. The number of rotatable bonds is 10. The molecular formula is C28H30F3NO2S. The van der Waals surface area contributed by atoms with Gasteiger partial charge in [-0.25, -0.2) is 0 Å². The molecule has 0 saturated heterocycles. The van der Waals surface area contributed by atoms with E-state index >= 15 is 0 Å². The van der Waals surface area contributed by atoms with E-state index in [0.717, 1.165) is 24.2 Å². The van der Waals surface area contributed by atoms with Crippen molar-refractivity contribution in [3.05, 3.63) is 89.5 Å². The average Bonchev–Trinajstić information content (AvgIpc) is 3.64. The Morgan fingerprint density at radius 2 is 1.49 bits per heavy atom. The van der Waals surface area contributed by atoms with Crippen molar-refractivity contribution in [3.63, 3.8) is 0 Å². The van der Waals surface area contributed by atoms with Gasteiger partial charge < -0.3 is 15.2 Å². The van der Waals surface area contributed by atoms with Gasteiger partial charge in [0.25, 0.3) is 0 Å². The first-order valence-electron chi connectivity index (χ1n) is 11.8. The first kappa shape index (κ1) is 25.6. The lowest BCUT2D eigenvalue weighted by atomic mass is 9.98. The Morgan fingerprint density at radius 1 is 0.914 bits per heavy atom. The highest BCUT2D eigenvalue weighted by atomic mass is 32.2. The van der Waals surface area contributed by atoms with Gasteiger partial charge in [0.05, 0.1) is 12.1 Å². The van der Waals surface area contributed by atoms with Crippen LogP contribution in [0.2, 0.25) is 0 Å². The van der Waals surface area contributed by atoms with Gasteiger partial charge >= 0.3 is 5.51 Å². The molecule has 1 aliphatic rings. The maximum atomic E-state index is 13.0. The molecule has 7 heteroatoms. The second kappa shape index (κ2) is 11.1. The van der Waals surface area contributed by atoms with Crippen molar-refractivity contribution < 1.29 is 23.0 Å². The molecule has 0 aliphatic heterocycles. The number of thioether (sulfide) groups is 1. The third-order valence-corrected chi connectivity index (χ3v) is 6.80. The second-order valence-electron chi connectivity index (χ2n) is 9.27. The van der Waals surface area contributed by atoms with Gasteiger partial charge in [-0.1, -0.05) is 50.2 Å². The van der Waals surface area contributed by atoms with Crippen molar-refractivity contribution in [2.24, 2.45) is 5.92 Å². The summed E-state index contributed by atoms with van der Waals surface area (Å²) in [5.41, 5.74) is -1.64. The molecule has 1 saturated carbocycles. The van der Waals surface area contributed by atoms with Gasteiger partial charge in [-0.15, -0.1) is 0 Å². The average molecular weight is 502 g/mol. The largest absolute Gasteiger partial charge is 0.457 e. The van der Waals surface area contributed by atoms with E-state index in [4.69, 9.17) is 4.74 Å². The standard InChI is InChI=1S/C28H30F3NO2S/c1-18(2)20-6-3-9-23(14-20)34-24-10-4-7-21(15-24)27(32-17-26(33)19-12-13-19)22-8-5-11-25(16-22)35-28(29,30)31/h3-11,14-16,18-19,26-27,32-33H,12-13,17H2,1-2H3. The van der Waals surface area contributed by atoms with Crippen LogP contribution in [-0.4, -0.2) is 23.3 Å². The Kier molecular flexibility index (Phi) is 8.09. The summed E-state index contributed by atoms with van der Waals surface area (Å²) in [5.74, 6) is 2.03. The van der Waals surface area contributed by atoms with Crippen LogP contribution in [0.5, 0.6) is 11.5 Å². The number of nitrogens with one attached hydrogen (secondary N) is 1. The van der Waals surface area contributed by atoms with Crippen molar-refractivity contribution in [1.82, 2.24) is 5.32 Å². The van der Waals surface area contributed by atoms with Crippen LogP contribution in [-0.2, 0) is 0 Å². The van der Waals surface area contributed by atoms with Gasteiger partial charge in [-0.3, -0.25) is 0 Å². The monoisotopic (exact) mass is 501 g/mol. The molecule has 186 valence electrons. The third kappa shape index (κ3) is 7.50. The van der Waals surface area contributed by atoms with Crippen LogP contribution in [0.3, 0.4) is 0 Å². The van der Waals surface area contributed by atoms with E-state index in [2.05, 4.69) is 25.2 Å². The number of hydrogen-bond donors (Lipinski definition) is 2. The molecule has 2 N–H and O–H groups in total. The fraction of sp³-hybridized carbons (Fsp3) is 0.357. The van der Waals surface area contributed by atoms with E-state index in [1.165, 1.54) is 11.6 Å². The van der Waals surface area contributed by atoms with Crippen LogP contribution >= 0.6 is 11.8 Å². The van der Waals surface area contributed by atoms with Crippen LogP contribution < -0.4 is 10.1 Å². The van der Waals surface area contributed by atoms with Crippen LogP contribution in [0, 0.1) is 5.92 Å². The lowest BCUT2D eigenvalue weighted by Gasteiger charge is -2.23. The van der Waals surface area contributed by atoms with Gasteiger partial charge in [0.15, 0.2) is 0 Å². The molecule has 1 fully saturated rings. The molecule has 0 amide bonds. The maximum absolute atomic E-state index is 13.0. The van der Waals surface area contributed by atoms with Crippen LogP contribution in [0.1, 0.15) is 55.3 Å². The van der Waals surface area contributed by atoms with Crippen molar-refractivity contribution in [2.75, 3.05) is 6.54 Å². The summed E-state index contributed by atoms with van der Waals surface area (Å²) in [6, 6.07) is 21.5. The lowest BCUT2D eigenvalue weighted by molar-refractivity contribution is -0.0328. The van der Waals surface area contributed by atoms with E-state index in [1.807, 2.05) is 42.5 Å². The summed E-state index contributed by atoms with van der Waals surface area (Å²) in [7, 11) is 0. The first-order chi connectivity index (χ1) is 16.7. The quantitative estimate of drug-likeness (QED) is 0.280. The second-order valence-corrected chi connectivity index (χ2v) is 10.4. The molecule has 0 bridgehead atoms. The molecular weight excluding hydrogens is 471 g/mol. The highest BCUT2D eigenvalue weighted by molar-refractivity contribution is 8.00. The summed E-state index contributed by atoms with van der Waals surface area (Å²) in [4.78, 5) is 0.127. The number of aliphatic hydroxyl groups is 1. The van der Waals surface area contributed by atoms with Gasteiger partial charge in [0, 0.05) is 11.4 Å². The zero-order chi connectivity index (χ0) is 25.0. The minimum absolute atomic E-state index is 0.127. The van der Waals surface area contributed by atoms with Crippen LogP contribution in [0.4, 0.5) is 13.2 Å².